The Morgan fingerprint density at radius 3 is 2.50 bits per heavy atom. The first-order chi connectivity index (χ1) is 19.7. The molecule has 1 N–H and O–H groups in total. The summed E-state index contributed by atoms with van der Waals surface area (Å²) in [5.74, 6) is 1.23. The second kappa shape index (κ2) is 12.5. The zero-order valence-electron chi connectivity index (χ0n) is 21.9. The maximum absolute atomic E-state index is 13.0. The number of thioether (sulfide) groups is 1. The average molecular weight is 568 g/mol. The summed E-state index contributed by atoms with van der Waals surface area (Å²) in [6.45, 7) is 2.90. The minimum absolute atomic E-state index is 0.0969. The van der Waals surface area contributed by atoms with Crippen LogP contribution in [-0.4, -0.2) is 54.7 Å². The second-order valence-corrected chi connectivity index (χ2v) is 11.5. The van der Waals surface area contributed by atoms with E-state index >= 15 is 0 Å². The fraction of sp³-hybridized carbons (Fsp3) is 0.233. The van der Waals surface area contributed by atoms with Crippen molar-refractivity contribution < 1.29 is 4.79 Å². The maximum atomic E-state index is 13.0. The van der Waals surface area contributed by atoms with Gasteiger partial charge in [-0.25, -0.2) is 4.98 Å². The fourth-order valence-corrected chi connectivity index (χ4v) is 6.54. The minimum Gasteiger partial charge on any atom is -0.348 e. The van der Waals surface area contributed by atoms with Gasteiger partial charge >= 0.3 is 0 Å². The van der Waals surface area contributed by atoms with Crippen molar-refractivity contribution in [3.8, 4) is 17.1 Å². The molecule has 0 saturated carbocycles. The molecule has 0 unspecified atom stereocenters. The van der Waals surface area contributed by atoms with Crippen molar-refractivity contribution in [3.63, 3.8) is 0 Å². The molecule has 5 aromatic rings. The first-order valence-corrected chi connectivity index (χ1v) is 15.1. The number of carbonyl (C=O) groups excluding carboxylic acids is 1. The fourth-order valence-electron chi connectivity index (χ4n) is 4.80. The number of pyridine rings is 1. The third-order valence-electron chi connectivity index (χ3n) is 6.85. The molecule has 0 atom stereocenters. The van der Waals surface area contributed by atoms with Gasteiger partial charge in [0.25, 0.3) is 5.91 Å². The minimum atomic E-state index is -0.0969. The molecule has 0 bridgehead atoms. The Hall–Kier alpha value is -3.86. The Kier molecular flexibility index (Phi) is 8.27. The summed E-state index contributed by atoms with van der Waals surface area (Å²) in [6.07, 6.45) is 5.42. The van der Waals surface area contributed by atoms with Gasteiger partial charge in [-0.2, -0.15) is 0 Å². The molecule has 3 aromatic heterocycles. The third kappa shape index (κ3) is 6.30. The van der Waals surface area contributed by atoms with Gasteiger partial charge in [0.1, 0.15) is 10.7 Å². The molecule has 4 heterocycles. The number of benzene rings is 2. The molecule has 6 rings (SSSR count). The van der Waals surface area contributed by atoms with E-state index in [0.29, 0.717) is 11.4 Å². The molecule has 1 saturated heterocycles. The quantitative estimate of drug-likeness (QED) is 0.236. The molecule has 1 fully saturated rings. The van der Waals surface area contributed by atoms with Crippen molar-refractivity contribution in [2.45, 2.75) is 36.3 Å². The number of hydrogen-bond acceptors (Lipinski definition) is 8. The summed E-state index contributed by atoms with van der Waals surface area (Å²) in [7, 11) is 0. The monoisotopic (exact) mass is 567 g/mol. The Balaban J connectivity index is 1.06. The number of para-hydroxylation sites is 1. The Morgan fingerprint density at radius 2 is 1.75 bits per heavy atom. The molecule has 1 aliphatic heterocycles. The molecule has 40 heavy (non-hydrogen) atoms. The number of hydrogen-bond donors (Lipinski definition) is 1. The van der Waals surface area contributed by atoms with Gasteiger partial charge < -0.3 is 5.32 Å². The van der Waals surface area contributed by atoms with E-state index in [-0.39, 0.29) is 11.9 Å². The summed E-state index contributed by atoms with van der Waals surface area (Å²) < 4.78 is 2.03. The van der Waals surface area contributed by atoms with Gasteiger partial charge in [-0.3, -0.25) is 19.2 Å². The molecule has 8 nitrogen and oxygen atoms in total. The summed E-state index contributed by atoms with van der Waals surface area (Å²) in [5.41, 5.74) is 3.67. The van der Waals surface area contributed by atoms with Crippen molar-refractivity contribution in [1.82, 2.24) is 34.9 Å². The normalized spacial score (nSPS) is 14.3. The maximum Gasteiger partial charge on any atom is 0.270 e. The van der Waals surface area contributed by atoms with Crippen LogP contribution < -0.4 is 5.32 Å². The summed E-state index contributed by atoms with van der Waals surface area (Å²) in [6, 6.07) is 24.6. The van der Waals surface area contributed by atoms with E-state index in [2.05, 4.69) is 54.6 Å². The lowest BCUT2D eigenvalue weighted by Gasteiger charge is -2.32. The van der Waals surface area contributed by atoms with Crippen molar-refractivity contribution in [2.75, 3.05) is 13.1 Å². The second-order valence-electron chi connectivity index (χ2n) is 9.64. The highest BCUT2D eigenvalue weighted by molar-refractivity contribution is 7.98. The highest BCUT2D eigenvalue weighted by Gasteiger charge is 2.23. The number of thiazole rings is 1. The van der Waals surface area contributed by atoms with E-state index in [0.717, 1.165) is 59.7 Å². The van der Waals surface area contributed by atoms with Gasteiger partial charge in [0.2, 0.25) is 0 Å². The van der Waals surface area contributed by atoms with E-state index in [4.69, 9.17) is 0 Å². The topological polar surface area (TPSA) is 88.8 Å². The number of carbonyl (C=O) groups is 1. The average Bonchev–Trinajstić information content (AvgIpc) is 3.66. The zero-order chi connectivity index (χ0) is 27.1. The van der Waals surface area contributed by atoms with Gasteiger partial charge in [-0.1, -0.05) is 60.3 Å². The van der Waals surface area contributed by atoms with E-state index < -0.39 is 0 Å². The number of rotatable bonds is 9. The van der Waals surface area contributed by atoms with E-state index in [9.17, 15) is 4.79 Å². The first kappa shape index (κ1) is 26.4. The molecule has 0 radical (unpaired) electrons. The number of likely N-dealkylation sites (tertiary alicyclic amines) is 1. The molecule has 1 aliphatic rings. The smallest absolute Gasteiger partial charge is 0.270 e. The van der Waals surface area contributed by atoms with Gasteiger partial charge in [0.15, 0.2) is 11.0 Å². The Bertz CT molecular complexity index is 1530. The lowest BCUT2D eigenvalue weighted by atomic mass is 10.0. The van der Waals surface area contributed by atoms with E-state index in [1.807, 2.05) is 58.5 Å². The van der Waals surface area contributed by atoms with Crippen molar-refractivity contribution in [3.05, 3.63) is 107 Å². The Morgan fingerprint density at radius 1 is 0.975 bits per heavy atom. The molecular weight excluding hydrogens is 539 g/mol. The largest absolute Gasteiger partial charge is 0.348 e. The predicted octanol–water partition coefficient (Wildman–Crippen LogP) is 5.47. The first-order valence-electron chi connectivity index (χ1n) is 13.3. The lowest BCUT2D eigenvalue weighted by Crippen LogP contribution is -2.44. The van der Waals surface area contributed by atoms with Gasteiger partial charge in [0.05, 0.1) is 5.75 Å². The van der Waals surface area contributed by atoms with Crippen LogP contribution in [0.15, 0.2) is 95.7 Å². The standard InChI is InChI=1S/C30H29N7OS2/c38-29(32-24-13-16-36(17-14-24)19-22-8-3-1-4-9-22)26-20-39-27(33-26)21-40-30-35-34-28(23-10-7-15-31-18-23)37(30)25-11-5-2-6-12-25/h1-12,15,18,20,24H,13-14,16-17,19,21H2,(H,32,38). The number of nitrogens with zero attached hydrogens (tertiary/aromatic N) is 6. The molecule has 2 aromatic carbocycles. The SMILES string of the molecule is O=C(NC1CCN(Cc2ccccc2)CC1)c1csc(CSc2nnc(-c3cccnc3)n2-c2ccccc2)n1. The van der Waals surface area contributed by atoms with Gasteiger partial charge in [-0.05, 0) is 42.7 Å². The molecule has 0 aliphatic carbocycles. The molecule has 0 spiro atoms. The van der Waals surface area contributed by atoms with E-state index in [1.165, 1.54) is 16.9 Å². The van der Waals surface area contributed by atoms with Crippen LogP contribution in [-0.2, 0) is 12.3 Å². The number of piperidine rings is 1. The van der Waals surface area contributed by atoms with E-state index in [1.54, 1.807) is 24.2 Å². The molecular formula is C30H29N7OS2. The van der Waals surface area contributed by atoms with Crippen LogP contribution in [0.3, 0.4) is 0 Å². The predicted molar refractivity (Wildman–Crippen MR) is 158 cm³/mol. The van der Waals surface area contributed by atoms with Crippen LogP contribution in [0.5, 0.6) is 0 Å². The van der Waals surface area contributed by atoms with Crippen molar-refractivity contribution >= 4 is 29.0 Å². The highest BCUT2D eigenvalue weighted by atomic mass is 32.2. The van der Waals surface area contributed by atoms with Crippen LogP contribution in [0, 0.1) is 0 Å². The van der Waals surface area contributed by atoms with Crippen LogP contribution in [0.4, 0.5) is 0 Å². The lowest BCUT2D eigenvalue weighted by molar-refractivity contribution is 0.0904. The Labute approximate surface area is 241 Å². The number of nitrogens with one attached hydrogen (secondary N) is 1. The zero-order valence-corrected chi connectivity index (χ0v) is 23.5. The molecule has 202 valence electrons. The molecule has 1 amide bonds. The summed E-state index contributed by atoms with van der Waals surface area (Å²) >= 11 is 3.05. The number of aromatic nitrogens is 5. The summed E-state index contributed by atoms with van der Waals surface area (Å²) in [5, 5.41) is 15.6. The van der Waals surface area contributed by atoms with Crippen LogP contribution >= 0.6 is 23.1 Å². The van der Waals surface area contributed by atoms with Crippen molar-refractivity contribution in [2.24, 2.45) is 0 Å². The van der Waals surface area contributed by atoms with Crippen LogP contribution in [0.25, 0.3) is 17.1 Å². The molecule has 10 heteroatoms. The van der Waals surface area contributed by atoms with Gasteiger partial charge in [0, 0.05) is 54.7 Å². The van der Waals surface area contributed by atoms with Crippen LogP contribution in [0.1, 0.15) is 33.9 Å². The van der Waals surface area contributed by atoms with Crippen molar-refractivity contribution in [1.29, 1.82) is 0 Å². The van der Waals surface area contributed by atoms with Gasteiger partial charge in [-0.15, -0.1) is 21.5 Å². The third-order valence-corrected chi connectivity index (χ3v) is 8.82. The van der Waals surface area contributed by atoms with Crippen LogP contribution in [0.2, 0.25) is 0 Å². The summed E-state index contributed by atoms with van der Waals surface area (Å²) in [4.78, 5) is 24.3. The highest BCUT2D eigenvalue weighted by Crippen LogP contribution is 2.30. The number of amides is 1.